The molecule has 0 saturated carbocycles. The van der Waals surface area contributed by atoms with Gasteiger partial charge >= 0.3 is 6.09 Å². The number of hydrogen-bond acceptors (Lipinski definition) is 5. The number of para-hydroxylation sites is 1. The molecule has 0 bridgehead atoms. The van der Waals surface area contributed by atoms with Gasteiger partial charge in [0.25, 0.3) is 5.56 Å². The summed E-state index contributed by atoms with van der Waals surface area (Å²) in [4.78, 5) is 32.2. The number of amides is 1. The van der Waals surface area contributed by atoms with Gasteiger partial charge in [0.2, 0.25) is 0 Å². The molecule has 2 aromatic carbocycles. The van der Waals surface area contributed by atoms with Gasteiger partial charge in [0.15, 0.2) is 0 Å². The fourth-order valence-corrected chi connectivity index (χ4v) is 4.26. The first-order valence-electron chi connectivity index (χ1n) is 12.1. The lowest BCUT2D eigenvalue weighted by atomic mass is 10.2. The van der Waals surface area contributed by atoms with Crippen molar-refractivity contribution in [2.75, 3.05) is 18.4 Å². The first-order chi connectivity index (χ1) is 16.2. The first-order valence-corrected chi connectivity index (χ1v) is 12.1. The molecule has 0 radical (unpaired) electrons. The molecule has 7 nitrogen and oxygen atoms in total. The Kier molecular flexibility index (Phi) is 6.91. The van der Waals surface area contributed by atoms with Crippen LogP contribution < -0.4 is 10.9 Å². The molecule has 1 fully saturated rings. The van der Waals surface area contributed by atoms with Gasteiger partial charge in [-0.25, -0.2) is 9.78 Å². The number of fused-ring (bicyclic) bond motifs is 1. The van der Waals surface area contributed by atoms with Crippen molar-refractivity contribution in [1.82, 2.24) is 14.5 Å². The van der Waals surface area contributed by atoms with Crippen molar-refractivity contribution in [3.8, 4) is 5.69 Å². The fraction of sp³-hybridized carbons (Fsp3) is 0.444. The molecule has 1 saturated heterocycles. The first kappa shape index (κ1) is 23.8. The summed E-state index contributed by atoms with van der Waals surface area (Å²) in [6, 6.07) is 15.5. The van der Waals surface area contributed by atoms with E-state index in [-0.39, 0.29) is 17.7 Å². The molecular formula is C27H34N4O3. The predicted molar refractivity (Wildman–Crippen MR) is 136 cm³/mol. The van der Waals surface area contributed by atoms with Crippen LogP contribution in [0.2, 0.25) is 0 Å². The van der Waals surface area contributed by atoms with Crippen LogP contribution in [0.3, 0.4) is 0 Å². The topological polar surface area (TPSA) is 76.5 Å². The fourth-order valence-electron chi connectivity index (χ4n) is 4.26. The van der Waals surface area contributed by atoms with Crippen molar-refractivity contribution < 1.29 is 9.53 Å². The van der Waals surface area contributed by atoms with Crippen molar-refractivity contribution >= 4 is 22.7 Å². The van der Waals surface area contributed by atoms with E-state index < -0.39 is 5.60 Å². The molecule has 1 amide bonds. The van der Waals surface area contributed by atoms with Crippen molar-refractivity contribution in [2.45, 2.75) is 65.0 Å². The van der Waals surface area contributed by atoms with Gasteiger partial charge in [-0.3, -0.25) is 9.36 Å². The van der Waals surface area contributed by atoms with Gasteiger partial charge in [-0.1, -0.05) is 25.5 Å². The molecule has 0 spiro atoms. The van der Waals surface area contributed by atoms with Crippen molar-refractivity contribution in [3.63, 3.8) is 0 Å². The Morgan fingerprint density at radius 1 is 1.15 bits per heavy atom. The summed E-state index contributed by atoms with van der Waals surface area (Å²) >= 11 is 0. The number of hydrogen-bond donors (Lipinski definition) is 1. The summed E-state index contributed by atoms with van der Waals surface area (Å²) in [5, 5.41) is 4.13. The van der Waals surface area contributed by atoms with Crippen LogP contribution in [0.4, 0.5) is 10.5 Å². The van der Waals surface area contributed by atoms with E-state index in [1.807, 2.05) is 69.3 Å². The highest BCUT2D eigenvalue weighted by Gasteiger charge is 2.29. The molecule has 0 unspecified atom stereocenters. The van der Waals surface area contributed by atoms with Crippen LogP contribution in [0.25, 0.3) is 16.6 Å². The van der Waals surface area contributed by atoms with E-state index in [0.29, 0.717) is 18.5 Å². The van der Waals surface area contributed by atoms with E-state index in [0.717, 1.165) is 48.4 Å². The molecular weight excluding hydrogens is 428 g/mol. The van der Waals surface area contributed by atoms with Gasteiger partial charge in [-0.2, -0.15) is 0 Å². The zero-order valence-electron chi connectivity index (χ0n) is 20.5. The van der Waals surface area contributed by atoms with Crippen molar-refractivity contribution in [2.24, 2.45) is 0 Å². The van der Waals surface area contributed by atoms with Crippen LogP contribution >= 0.6 is 0 Å². The number of rotatable bonds is 6. The van der Waals surface area contributed by atoms with Gasteiger partial charge < -0.3 is 15.0 Å². The number of anilines is 1. The molecule has 1 N–H and O–H groups in total. The van der Waals surface area contributed by atoms with E-state index in [1.165, 1.54) is 0 Å². The molecule has 3 aromatic rings. The summed E-state index contributed by atoms with van der Waals surface area (Å²) in [6.07, 6.45) is 3.35. The summed E-state index contributed by atoms with van der Waals surface area (Å²) in [5.41, 5.74) is 1.97. The number of carbonyl (C=O) groups is 1. The van der Waals surface area contributed by atoms with Gasteiger partial charge in [0.05, 0.1) is 16.6 Å². The van der Waals surface area contributed by atoms with Crippen LogP contribution in [0.5, 0.6) is 0 Å². The third-order valence-corrected chi connectivity index (χ3v) is 5.94. The van der Waals surface area contributed by atoms with Crippen LogP contribution in [0.15, 0.2) is 53.3 Å². The number of nitrogens with zero attached hydrogens (tertiary/aromatic N) is 3. The molecule has 1 aliphatic rings. The van der Waals surface area contributed by atoms with Gasteiger partial charge in [0.1, 0.15) is 11.4 Å². The predicted octanol–water partition coefficient (Wildman–Crippen LogP) is 5.15. The Hall–Kier alpha value is -3.35. The summed E-state index contributed by atoms with van der Waals surface area (Å²) in [5.74, 6) is 0.787. The Morgan fingerprint density at radius 2 is 1.88 bits per heavy atom. The Balaban J connectivity index is 1.51. The minimum Gasteiger partial charge on any atom is -0.444 e. The van der Waals surface area contributed by atoms with Gasteiger partial charge in [0, 0.05) is 31.2 Å². The normalized spacial score (nSPS) is 16.1. The van der Waals surface area contributed by atoms with Crippen LogP contribution in [0.1, 0.15) is 52.8 Å². The molecule has 1 aliphatic heterocycles. The van der Waals surface area contributed by atoms with E-state index in [2.05, 4.69) is 12.2 Å². The van der Waals surface area contributed by atoms with Gasteiger partial charge in [-0.05, 0) is 70.0 Å². The highest BCUT2D eigenvalue weighted by atomic mass is 16.6. The Bertz CT molecular complexity index is 1210. The number of ether oxygens (including phenoxy) is 1. The monoisotopic (exact) mass is 462 g/mol. The average Bonchev–Trinajstić information content (AvgIpc) is 3.26. The zero-order chi connectivity index (χ0) is 24.3. The summed E-state index contributed by atoms with van der Waals surface area (Å²) in [6.45, 7) is 9.04. The number of carbonyl (C=O) groups excluding carboxylic acids is 1. The quantitative estimate of drug-likeness (QED) is 0.548. The Morgan fingerprint density at radius 3 is 2.59 bits per heavy atom. The van der Waals surface area contributed by atoms with Crippen molar-refractivity contribution in [1.29, 1.82) is 0 Å². The SMILES string of the molecule is CCCCc1nc2ccccc2c(=O)n1-c1ccc(N[C@H]2CCN(C(=O)OC(C)(C)C)C2)cc1. The van der Waals surface area contributed by atoms with Crippen molar-refractivity contribution in [3.05, 3.63) is 64.7 Å². The van der Waals surface area contributed by atoms with E-state index in [9.17, 15) is 9.59 Å². The maximum absolute atomic E-state index is 13.3. The largest absolute Gasteiger partial charge is 0.444 e. The van der Waals surface area contributed by atoms with E-state index in [4.69, 9.17) is 9.72 Å². The highest BCUT2D eigenvalue weighted by Crippen LogP contribution is 2.21. The minimum absolute atomic E-state index is 0.0405. The smallest absolute Gasteiger partial charge is 0.410 e. The molecule has 4 rings (SSSR count). The standard InChI is InChI=1S/C27H34N4O3/c1-5-6-11-24-29-23-10-8-7-9-22(23)25(32)31(24)21-14-12-19(13-15-21)28-20-16-17-30(18-20)26(33)34-27(2,3)4/h7-10,12-15,20,28H,5-6,11,16-18H2,1-4H3/t20-/m0/s1. The molecule has 180 valence electrons. The van der Waals surface area contributed by atoms with E-state index in [1.54, 1.807) is 9.47 Å². The lowest BCUT2D eigenvalue weighted by Crippen LogP contribution is -2.36. The van der Waals surface area contributed by atoms with Gasteiger partial charge in [-0.15, -0.1) is 0 Å². The molecule has 2 heterocycles. The highest BCUT2D eigenvalue weighted by molar-refractivity contribution is 5.77. The molecule has 0 aliphatic carbocycles. The van der Waals surface area contributed by atoms with Crippen LogP contribution in [-0.4, -0.2) is 45.3 Å². The maximum atomic E-state index is 13.3. The van der Waals surface area contributed by atoms with E-state index >= 15 is 0 Å². The third-order valence-electron chi connectivity index (χ3n) is 5.94. The van der Waals surface area contributed by atoms with Crippen LogP contribution in [0, 0.1) is 0 Å². The molecule has 7 heteroatoms. The summed E-state index contributed by atoms with van der Waals surface area (Å²) < 4.78 is 7.22. The second kappa shape index (κ2) is 9.87. The average molecular weight is 463 g/mol. The number of unbranched alkanes of at least 4 members (excludes halogenated alkanes) is 1. The summed E-state index contributed by atoms with van der Waals surface area (Å²) in [7, 11) is 0. The zero-order valence-corrected chi connectivity index (χ0v) is 20.5. The lowest BCUT2D eigenvalue weighted by Gasteiger charge is -2.24. The number of aromatic nitrogens is 2. The minimum atomic E-state index is -0.496. The number of aryl methyl sites for hydroxylation is 1. The molecule has 34 heavy (non-hydrogen) atoms. The Labute approximate surface area is 200 Å². The molecule has 1 atom stereocenters. The lowest BCUT2D eigenvalue weighted by molar-refractivity contribution is 0.0293. The van der Waals surface area contributed by atoms with Crippen LogP contribution in [-0.2, 0) is 11.2 Å². The third kappa shape index (κ3) is 5.41. The number of benzene rings is 2. The maximum Gasteiger partial charge on any atom is 0.410 e. The second-order valence-electron chi connectivity index (χ2n) is 9.89. The number of nitrogens with one attached hydrogen (secondary N) is 1. The second-order valence-corrected chi connectivity index (χ2v) is 9.89. The number of likely N-dealkylation sites (tertiary alicyclic amines) is 1. The molecule has 1 aromatic heterocycles.